The molecule has 1 aromatic carbocycles. The zero-order chi connectivity index (χ0) is 28.2. The molecule has 0 aliphatic rings. The fourth-order valence-electron chi connectivity index (χ4n) is 5.19. The van der Waals surface area contributed by atoms with Gasteiger partial charge in [-0.1, -0.05) is 161 Å². The van der Waals surface area contributed by atoms with Crippen molar-refractivity contribution in [1.82, 2.24) is 0 Å². The minimum absolute atomic E-state index is 0.195. The first-order valence-corrected chi connectivity index (χ1v) is 16.8. The molecule has 0 aromatic heterocycles. The molecule has 0 spiro atoms. The highest BCUT2D eigenvalue weighted by molar-refractivity contribution is 5.92. The van der Waals surface area contributed by atoms with Crippen molar-refractivity contribution in [2.75, 3.05) is 13.2 Å². The maximum Gasteiger partial charge on any atom is 0.339 e. The molecule has 0 aliphatic heterocycles. The van der Waals surface area contributed by atoms with E-state index in [1.165, 1.54) is 128 Å². The van der Waals surface area contributed by atoms with Crippen molar-refractivity contribution in [2.24, 2.45) is 0 Å². The van der Waals surface area contributed by atoms with E-state index < -0.39 is 5.97 Å². The number of hydrogen-bond acceptors (Lipinski definition) is 3. The minimum Gasteiger partial charge on any atom is -0.490 e. The molecule has 4 heteroatoms. The van der Waals surface area contributed by atoms with Crippen LogP contribution >= 0.6 is 0 Å². The summed E-state index contributed by atoms with van der Waals surface area (Å²) >= 11 is 0. The van der Waals surface area contributed by atoms with Crippen molar-refractivity contribution in [1.29, 1.82) is 0 Å². The van der Waals surface area contributed by atoms with Crippen LogP contribution in [0.5, 0.6) is 11.5 Å². The van der Waals surface area contributed by atoms with Crippen molar-refractivity contribution in [3.8, 4) is 11.5 Å². The van der Waals surface area contributed by atoms with E-state index in [-0.39, 0.29) is 5.56 Å². The number of rotatable bonds is 29. The normalized spacial score (nSPS) is 11.1. The summed E-state index contributed by atoms with van der Waals surface area (Å²) in [5.41, 5.74) is 0.195. The van der Waals surface area contributed by atoms with Gasteiger partial charge in [-0.2, -0.15) is 0 Å². The van der Waals surface area contributed by atoms with Crippen LogP contribution < -0.4 is 9.47 Å². The van der Waals surface area contributed by atoms with E-state index in [1.54, 1.807) is 12.1 Å². The average Bonchev–Trinajstić information content (AvgIpc) is 2.94. The van der Waals surface area contributed by atoms with Crippen molar-refractivity contribution in [3.63, 3.8) is 0 Å². The van der Waals surface area contributed by atoms with Crippen LogP contribution in [0, 0.1) is 0 Å². The van der Waals surface area contributed by atoms with Crippen molar-refractivity contribution >= 4 is 5.97 Å². The molecule has 0 bridgehead atoms. The number of aromatic carboxylic acids is 1. The first-order chi connectivity index (χ1) is 19.2. The lowest BCUT2D eigenvalue weighted by Gasteiger charge is -2.15. The van der Waals surface area contributed by atoms with Crippen LogP contribution in [0.4, 0.5) is 0 Å². The molecule has 0 saturated carbocycles. The van der Waals surface area contributed by atoms with Gasteiger partial charge >= 0.3 is 5.97 Å². The number of carboxylic acids is 1. The zero-order valence-electron chi connectivity index (χ0n) is 25.8. The van der Waals surface area contributed by atoms with Crippen molar-refractivity contribution in [2.45, 2.75) is 168 Å². The fraction of sp³-hybridized carbons (Fsp3) is 0.800. The van der Waals surface area contributed by atoms with Gasteiger partial charge in [-0.05, 0) is 25.0 Å². The van der Waals surface area contributed by atoms with E-state index in [9.17, 15) is 9.90 Å². The Morgan fingerprint density at radius 2 is 0.897 bits per heavy atom. The lowest BCUT2D eigenvalue weighted by atomic mass is 10.1. The van der Waals surface area contributed by atoms with Gasteiger partial charge in [0, 0.05) is 0 Å². The second-order valence-corrected chi connectivity index (χ2v) is 11.4. The lowest BCUT2D eigenvalue weighted by Crippen LogP contribution is -2.08. The molecule has 4 nitrogen and oxygen atoms in total. The first-order valence-electron chi connectivity index (χ1n) is 16.8. The highest BCUT2D eigenvalue weighted by Gasteiger charge is 2.16. The molecule has 39 heavy (non-hydrogen) atoms. The van der Waals surface area contributed by atoms with E-state index >= 15 is 0 Å². The van der Waals surface area contributed by atoms with Crippen LogP contribution in [-0.4, -0.2) is 24.3 Å². The number of unbranched alkanes of at least 4 members (excludes halogenated alkanes) is 22. The number of benzene rings is 1. The second kappa shape index (κ2) is 26.5. The molecule has 0 unspecified atom stereocenters. The van der Waals surface area contributed by atoms with Crippen LogP contribution in [-0.2, 0) is 0 Å². The van der Waals surface area contributed by atoms with Gasteiger partial charge in [0.15, 0.2) is 11.5 Å². The van der Waals surface area contributed by atoms with Gasteiger partial charge in [-0.3, -0.25) is 0 Å². The summed E-state index contributed by atoms with van der Waals surface area (Å²) in [6, 6.07) is 5.19. The predicted octanol–water partition coefficient (Wildman–Crippen LogP) is 11.5. The third-order valence-electron chi connectivity index (χ3n) is 7.71. The zero-order valence-corrected chi connectivity index (χ0v) is 25.8. The molecule has 0 heterocycles. The molecule has 1 rings (SSSR count). The Morgan fingerprint density at radius 3 is 1.28 bits per heavy atom. The van der Waals surface area contributed by atoms with E-state index in [0.717, 1.165) is 25.7 Å². The van der Waals surface area contributed by atoms with Gasteiger partial charge in [-0.25, -0.2) is 4.79 Å². The Labute approximate surface area is 241 Å². The lowest BCUT2D eigenvalue weighted by molar-refractivity contribution is 0.0691. The molecule has 0 saturated heterocycles. The van der Waals surface area contributed by atoms with Crippen LogP contribution in [0.2, 0.25) is 0 Å². The SMILES string of the molecule is CCCCCCCCCCCCCCOc1cccc(C(=O)O)c1OCCCCCCCCCCCCCC. The van der Waals surface area contributed by atoms with Gasteiger partial charge in [0.1, 0.15) is 5.56 Å². The summed E-state index contributed by atoms with van der Waals surface area (Å²) in [5.74, 6) is -0.000531. The van der Waals surface area contributed by atoms with Gasteiger partial charge in [-0.15, -0.1) is 0 Å². The van der Waals surface area contributed by atoms with Gasteiger partial charge in [0.05, 0.1) is 13.2 Å². The molecule has 0 radical (unpaired) electrons. The van der Waals surface area contributed by atoms with Gasteiger partial charge in [0.25, 0.3) is 0 Å². The number of carbonyl (C=O) groups is 1. The van der Waals surface area contributed by atoms with E-state index in [0.29, 0.717) is 24.7 Å². The molecule has 1 aromatic rings. The summed E-state index contributed by atoms with van der Waals surface area (Å²) < 4.78 is 12.0. The highest BCUT2D eigenvalue weighted by atomic mass is 16.5. The molecule has 0 fully saturated rings. The van der Waals surface area contributed by atoms with E-state index in [2.05, 4.69) is 13.8 Å². The molecule has 0 atom stereocenters. The summed E-state index contributed by atoms with van der Waals surface area (Å²) in [6.45, 7) is 5.68. The molecular formula is C35H62O4. The smallest absolute Gasteiger partial charge is 0.339 e. The Hall–Kier alpha value is -1.71. The standard InChI is InChI=1S/C35H62O4/c1-3-5-7-9-11-13-15-17-19-21-23-25-30-38-33-29-27-28-32(35(36)37)34(33)39-31-26-24-22-20-18-16-14-12-10-8-6-4-2/h27-29H,3-26,30-31H2,1-2H3,(H,36,37). The average molecular weight is 547 g/mol. The third-order valence-corrected chi connectivity index (χ3v) is 7.71. The maximum absolute atomic E-state index is 11.8. The van der Waals surface area contributed by atoms with Crippen LogP contribution in [0.1, 0.15) is 178 Å². The fourth-order valence-corrected chi connectivity index (χ4v) is 5.19. The minimum atomic E-state index is -0.962. The highest BCUT2D eigenvalue weighted by Crippen LogP contribution is 2.32. The quantitative estimate of drug-likeness (QED) is 0.102. The molecule has 1 N–H and O–H groups in total. The number of carboxylic acid groups (broad SMARTS) is 1. The second-order valence-electron chi connectivity index (χ2n) is 11.4. The Balaban J connectivity index is 2.16. The van der Waals surface area contributed by atoms with Crippen molar-refractivity contribution < 1.29 is 19.4 Å². The Morgan fingerprint density at radius 1 is 0.538 bits per heavy atom. The first kappa shape index (κ1) is 35.3. The Kier molecular flexibility index (Phi) is 24.0. The maximum atomic E-state index is 11.8. The van der Waals surface area contributed by atoms with E-state index in [1.807, 2.05) is 6.07 Å². The van der Waals surface area contributed by atoms with Gasteiger partial charge < -0.3 is 14.6 Å². The summed E-state index contributed by atoms with van der Waals surface area (Å²) in [6.07, 6.45) is 31.2. The van der Waals surface area contributed by atoms with Crippen LogP contribution in [0.3, 0.4) is 0 Å². The molecule has 0 aliphatic carbocycles. The topological polar surface area (TPSA) is 55.8 Å². The van der Waals surface area contributed by atoms with Crippen LogP contribution in [0.25, 0.3) is 0 Å². The summed E-state index contributed by atoms with van der Waals surface area (Å²) in [7, 11) is 0. The van der Waals surface area contributed by atoms with Crippen LogP contribution in [0.15, 0.2) is 18.2 Å². The largest absolute Gasteiger partial charge is 0.490 e. The number of ether oxygens (including phenoxy) is 2. The molecular weight excluding hydrogens is 484 g/mol. The Bertz CT molecular complexity index is 687. The predicted molar refractivity (Wildman–Crippen MR) is 167 cm³/mol. The number of para-hydroxylation sites is 1. The van der Waals surface area contributed by atoms with Crippen molar-refractivity contribution in [3.05, 3.63) is 23.8 Å². The molecule has 0 amide bonds. The third kappa shape index (κ3) is 19.9. The summed E-state index contributed by atoms with van der Waals surface area (Å²) in [5, 5.41) is 9.64. The van der Waals surface area contributed by atoms with E-state index in [4.69, 9.17) is 9.47 Å². The monoisotopic (exact) mass is 546 g/mol. The summed E-state index contributed by atoms with van der Waals surface area (Å²) in [4.78, 5) is 11.8. The van der Waals surface area contributed by atoms with Gasteiger partial charge in [0.2, 0.25) is 0 Å². The number of hydrogen-bond donors (Lipinski definition) is 1. The molecule has 226 valence electrons.